The van der Waals surface area contributed by atoms with E-state index in [1.807, 2.05) is 30.3 Å². The molecule has 0 fully saturated rings. The summed E-state index contributed by atoms with van der Waals surface area (Å²) in [5.41, 5.74) is 0.179. The van der Waals surface area contributed by atoms with Crippen molar-refractivity contribution in [3.05, 3.63) is 66.0 Å². The summed E-state index contributed by atoms with van der Waals surface area (Å²) in [5.74, 6) is -0.505. The predicted molar refractivity (Wildman–Crippen MR) is 88.3 cm³/mol. The molecule has 6 heteroatoms. The highest BCUT2D eigenvalue weighted by Gasteiger charge is 2.12. The van der Waals surface area contributed by atoms with Crippen LogP contribution in [0.2, 0.25) is 0 Å². The number of rotatable bonds is 7. The lowest BCUT2D eigenvalue weighted by molar-refractivity contribution is -0.129. The Labute approximate surface area is 140 Å². The first-order valence-electron chi connectivity index (χ1n) is 7.52. The zero-order valence-electron chi connectivity index (χ0n) is 13.4. The van der Waals surface area contributed by atoms with Crippen LogP contribution in [0.3, 0.4) is 0 Å². The zero-order valence-corrected chi connectivity index (χ0v) is 13.4. The second kappa shape index (κ2) is 8.67. The van der Waals surface area contributed by atoms with Gasteiger partial charge in [0.25, 0.3) is 5.91 Å². The summed E-state index contributed by atoms with van der Waals surface area (Å²) < 4.78 is 18.6. The van der Waals surface area contributed by atoms with Gasteiger partial charge >= 0.3 is 0 Å². The minimum atomic E-state index is -0.496. The van der Waals surface area contributed by atoms with Gasteiger partial charge in [-0.1, -0.05) is 24.3 Å². The van der Waals surface area contributed by atoms with Crippen LogP contribution in [0.4, 0.5) is 4.39 Å². The highest BCUT2D eigenvalue weighted by Crippen LogP contribution is 2.07. The van der Waals surface area contributed by atoms with Crippen molar-refractivity contribution in [2.75, 3.05) is 26.7 Å². The van der Waals surface area contributed by atoms with E-state index in [0.29, 0.717) is 13.2 Å². The monoisotopic (exact) mass is 330 g/mol. The van der Waals surface area contributed by atoms with Crippen molar-refractivity contribution in [3.63, 3.8) is 0 Å². The second-order valence-electron chi connectivity index (χ2n) is 5.17. The fourth-order valence-electron chi connectivity index (χ4n) is 1.96. The number of nitrogens with one attached hydrogen (secondary N) is 1. The third-order valence-corrected chi connectivity index (χ3v) is 3.35. The lowest BCUT2D eigenvalue weighted by Gasteiger charge is -2.17. The van der Waals surface area contributed by atoms with Crippen molar-refractivity contribution in [3.8, 4) is 5.75 Å². The van der Waals surface area contributed by atoms with Crippen LogP contribution in [-0.4, -0.2) is 43.5 Å². The highest BCUT2D eigenvalue weighted by molar-refractivity contribution is 5.96. The molecular weight excluding hydrogens is 311 g/mol. The number of hydrogen-bond acceptors (Lipinski definition) is 3. The van der Waals surface area contributed by atoms with Gasteiger partial charge in [-0.3, -0.25) is 9.59 Å². The van der Waals surface area contributed by atoms with E-state index in [1.54, 1.807) is 7.05 Å². The summed E-state index contributed by atoms with van der Waals surface area (Å²) in [6.07, 6.45) is 0. The third-order valence-electron chi connectivity index (χ3n) is 3.35. The minimum Gasteiger partial charge on any atom is -0.492 e. The zero-order chi connectivity index (χ0) is 17.4. The van der Waals surface area contributed by atoms with Crippen LogP contribution in [-0.2, 0) is 4.79 Å². The van der Waals surface area contributed by atoms with Crippen LogP contribution >= 0.6 is 0 Å². The highest BCUT2D eigenvalue weighted by atomic mass is 19.1. The average Bonchev–Trinajstić information content (AvgIpc) is 2.60. The van der Waals surface area contributed by atoms with Crippen LogP contribution in [0.1, 0.15) is 10.4 Å². The van der Waals surface area contributed by atoms with E-state index in [4.69, 9.17) is 4.74 Å². The quantitative estimate of drug-likeness (QED) is 0.846. The molecule has 126 valence electrons. The van der Waals surface area contributed by atoms with E-state index in [2.05, 4.69) is 5.32 Å². The molecule has 0 bridgehead atoms. The van der Waals surface area contributed by atoms with Crippen molar-refractivity contribution < 1.29 is 18.7 Å². The summed E-state index contributed by atoms with van der Waals surface area (Å²) in [6, 6.07) is 14.6. The smallest absolute Gasteiger partial charge is 0.251 e. The van der Waals surface area contributed by atoms with Gasteiger partial charge in [0.2, 0.25) is 5.91 Å². The Morgan fingerprint density at radius 2 is 1.88 bits per heavy atom. The van der Waals surface area contributed by atoms with Crippen LogP contribution < -0.4 is 10.1 Å². The van der Waals surface area contributed by atoms with Gasteiger partial charge < -0.3 is 15.0 Å². The van der Waals surface area contributed by atoms with Gasteiger partial charge in [0, 0.05) is 12.6 Å². The first-order valence-corrected chi connectivity index (χ1v) is 7.52. The van der Waals surface area contributed by atoms with Crippen molar-refractivity contribution >= 4 is 11.8 Å². The molecule has 1 N–H and O–H groups in total. The van der Waals surface area contributed by atoms with Gasteiger partial charge in [-0.05, 0) is 30.3 Å². The molecule has 0 aliphatic carbocycles. The molecule has 0 saturated heterocycles. The Kier molecular flexibility index (Phi) is 6.31. The van der Waals surface area contributed by atoms with Crippen LogP contribution in [0, 0.1) is 5.82 Å². The van der Waals surface area contributed by atoms with Crippen LogP contribution in [0.5, 0.6) is 5.75 Å². The molecule has 5 nitrogen and oxygen atoms in total. The number of amides is 2. The van der Waals surface area contributed by atoms with Crippen molar-refractivity contribution in [2.24, 2.45) is 0 Å². The standard InChI is InChI=1S/C18H19FN2O3/c1-21(10-11-24-16-8-3-2-4-9-16)17(22)13-20-18(23)14-6-5-7-15(19)12-14/h2-9,12H,10-11,13H2,1H3,(H,20,23). The summed E-state index contributed by atoms with van der Waals surface area (Å²) in [5, 5.41) is 2.48. The summed E-state index contributed by atoms with van der Waals surface area (Å²) in [6.45, 7) is 0.588. The van der Waals surface area contributed by atoms with Gasteiger partial charge in [0.1, 0.15) is 18.2 Å². The fraction of sp³-hybridized carbons (Fsp3) is 0.222. The second-order valence-corrected chi connectivity index (χ2v) is 5.17. The largest absolute Gasteiger partial charge is 0.492 e. The van der Waals surface area contributed by atoms with Crippen molar-refractivity contribution in [2.45, 2.75) is 0 Å². The van der Waals surface area contributed by atoms with E-state index in [9.17, 15) is 14.0 Å². The number of ether oxygens (including phenoxy) is 1. The van der Waals surface area contributed by atoms with Crippen LogP contribution in [0.25, 0.3) is 0 Å². The molecule has 2 aromatic carbocycles. The SMILES string of the molecule is CN(CCOc1ccccc1)C(=O)CNC(=O)c1cccc(F)c1. The van der Waals surface area contributed by atoms with E-state index in [-0.39, 0.29) is 18.0 Å². The number of para-hydroxylation sites is 1. The Bertz CT molecular complexity index is 692. The molecule has 0 unspecified atom stereocenters. The molecular formula is C18H19FN2O3. The maximum absolute atomic E-state index is 13.1. The molecule has 0 aromatic heterocycles. The summed E-state index contributed by atoms with van der Waals surface area (Å²) in [7, 11) is 1.63. The minimum absolute atomic E-state index is 0.156. The molecule has 0 spiro atoms. The topological polar surface area (TPSA) is 58.6 Å². The van der Waals surface area contributed by atoms with E-state index >= 15 is 0 Å². The molecule has 0 radical (unpaired) electrons. The molecule has 0 aliphatic rings. The number of nitrogens with zero attached hydrogens (tertiary/aromatic N) is 1. The van der Waals surface area contributed by atoms with Gasteiger partial charge in [-0.25, -0.2) is 4.39 Å². The maximum Gasteiger partial charge on any atom is 0.251 e. The molecule has 2 rings (SSSR count). The maximum atomic E-state index is 13.1. The number of halogens is 1. The summed E-state index contributed by atoms with van der Waals surface area (Å²) in [4.78, 5) is 25.3. The van der Waals surface area contributed by atoms with Gasteiger partial charge in [0.05, 0.1) is 13.1 Å². The Morgan fingerprint density at radius 1 is 1.12 bits per heavy atom. The number of likely N-dealkylation sites (N-methyl/N-ethyl adjacent to an activating group) is 1. The first kappa shape index (κ1) is 17.5. The van der Waals surface area contributed by atoms with Crippen LogP contribution in [0.15, 0.2) is 54.6 Å². The Balaban J connectivity index is 1.72. The molecule has 0 aliphatic heterocycles. The molecule has 0 atom stereocenters. The molecule has 2 amide bonds. The van der Waals surface area contributed by atoms with E-state index in [1.165, 1.54) is 23.1 Å². The van der Waals surface area contributed by atoms with Gasteiger partial charge in [-0.2, -0.15) is 0 Å². The number of hydrogen-bond donors (Lipinski definition) is 1. The number of carbonyl (C=O) groups is 2. The lowest BCUT2D eigenvalue weighted by Crippen LogP contribution is -2.39. The normalized spacial score (nSPS) is 10.1. The Hall–Kier alpha value is -2.89. The average molecular weight is 330 g/mol. The molecule has 0 heterocycles. The van der Waals surface area contributed by atoms with E-state index < -0.39 is 11.7 Å². The third kappa shape index (κ3) is 5.39. The number of benzene rings is 2. The first-order chi connectivity index (χ1) is 11.6. The van der Waals surface area contributed by atoms with Crippen molar-refractivity contribution in [1.82, 2.24) is 10.2 Å². The Morgan fingerprint density at radius 3 is 2.58 bits per heavy atom. The predicted octanol–water partition coefficient (Wildman–Crippen LogP) is 2.09. The molecule has 24 heavy (non-hydrogen) atoms. The number of carbonyl (C=O) groups excluding carboxylic acids is 2. The summed E-state index contributed by atoms with van der Waals surface area (Å²) >= 11 is 0. The van der Waals surface area contributed by atoms with E-state index in [0.717, 1.165) is 11.8 Å². The van der Waals surface area contributed by atoms with Gasteiger partial charge in [-0.15, -0.1) is 0 Å². The molecule has 0 saturated carbocycles. The van der Waals surface area contributed by atoms with Gasteiger partial charge in [0.15, 0.2) is 0 Å². The van der Waals surface area contributed by atoms with Crippen molar-refractivity contribution in [1.29, 1.82) is 0 Å². The molecule has 2 aromatic rings. The fourth-order valence-corrected chi connectivity index (χ4v) is 1.96. The lowest BCUT2D eigenvalue weighted by atomic mass is 10.2.